The van der Waals surface area contributed by atoms with Crippen LogP contribution in [0.2, 0.25) is 0 Å². The van der Waals surface area contributed by atoms with Crippen molar-refractivity contribution >= 4 is 17.2 Å². The summed E-state index contributed by atoms with van der Waals surface area (Å²) in [6.45, 7) is 2.47. The topological polar surface area (TPSA) is 72.5 Å². The second-order valence-corrected chi connectivity index (χ2v) is 6.84. The van der Waals surface area contributed by atoms with Crippen molar-refractivity contribution in [1.82, 2.24) is 15.6 Å². The molecular weight excluding hydrogens is 350 g/mol. The summed E-state index contributed by atoms with van der Waals surface area (Å²) in [4.78, 5) is 16.7. The highest BCUT2D eigenvalue weighted by Gasteiger charge is 2.12. The Morgan fingerprint density at radius 3 is 2.88 bits per heavy atom. The molecule has 26 heavy (non-hydrogen) atoms. The summed E-state index contributed by atoms with van der Waals surface area (Å²) < 4.78 is 10.6. The van der Waals surface area contributed by atoms with E-state index in [2.05, 4.69) is 21.7 Å². The number of hydrogen-bond donors (Lipinski definition) is 2. The number of nitrogens with one attached hydrogen (secondary N) is 2. The standard InChI is InChI=1S/C19H23N3O3S/c1-24-16-4-3-14(9-17(16)25-2)19-22-15(12-26-19)10-18(23)21-11-13-5-7-20-8-6-13/h3-5,9,12,20H,6-8,10-11H2,1-2H3,(H,21,23). The van der Waals surface area contributed by atoms with Crippen LogP contribution < -0.4 is 20.1 Å². The SMILES string of the molecule is COc1ccc(-c2nc(CC(=O)NCC3=CCNCC3)cs2)cc1OC. The maximum absolute atomic E-state index is 12.2. The van der Waals surface area contributed by atoms with Crippen LogP contribution in [0.1, 0.15) is 12.1 Å². The Balaban J connectivity index is 1.60. The summed E-state index contributed by atoms with van der Waals surface area (Å²) in [7, 11) is 3.22. The molecule has 7 heteroatoms. The molecule has 0 spiro atoms. The van der Waals surface area contributed by atoms with Gasteiger partial charge in [-0.25, -0.2) is 4.98 Å². The average Bonchev–Trinajstić information content (AvgIpc) is 3.15. The first-order valence-corrected chi connectivity index (χ1v) is 9.39. The Morgan fingerprint density at radius 1 is 1.31 bits per heavy atom. The fourth-order valence-corrected chi connectivity index (χ4v) is 3.58. The highest BCUT2D eigenvalue weighted by molar-refractivity contribution is 7.13. The number of thiazole rings is 1. The van der Waals surface area contributed by atoms with Crippen molar-refractivity contribution in [2.75, 3.05) is 33.9 Å². The molecule has 2 N–H and O–H groups in total. The van der Waals surface area contributed by atoms with Crippen LogP contribution in [-0.4, -0.2) is 44.7 Å². The van der Waals surface area contributed by atoms with Crippen molar-refractivity contribution in [3.8, 4) is 22.1 Å². The van der Waals surface area contributed by atoms with Gasteiger partial charge in [-0.05, 0) is 31.2 Å². The highest BCUT2D eigenvalue weighted by atomic mass is 32.1. The minimum Gasteiger partial charge on any atom is -0.493 e. The minimum atomic E-state index is -0.00593. The molecular formula is C19H23N3O3S. The third kappa shape index (κ3) is 4.62. The lowest BCUT2D eigenvalue weighted by Gasteiger charge is -2.14. The normalized spacial score (nSPS) is 13.8. The summed E-state index contributed by atoms with van der Waals surface area (Å²) >= 11 is 1.52. The van der Waals surface area contributed by atoms with E-state index in [4.69, 9.17) is 9.47 Å². The maximum atomic E-state index is 12.2. The number of carbonyl (C=O) groups is 1. The second-order valence-electron chi connectivity index (χ2n) is 5.98. The average molecular weight is 373 g/mol. The first-order valence-electron chi connectivity index (χ1n) is 8.51. The molecule has 2 heterocycles. The van der Waals surface area contributed by atoms with Crippen LogP contribution in [0.4, 0.5) is 0 Å². The summed E-state index contributed by atoms with van der Waals surface area (Å²) in [6, 6.07) is 5.69. The number of carbonyl (C=O) groups excluding carboxylic acids is 1. The molecule has 1 aliphatic heterocycles. The number of aromatic nitrogens is 1. The van der Waals surface area contributed by atoms with Gasteiger partial charge in [0.15, 0.2) is 11.5 Å². The molecule has 0 aliphatic carbocycles. The van der Waals surface area contributed by atoms with E-state index < -0.39 is 0 Å². The van der Waals surface area contributed by atoms with Gasteiger partial charge in [-0.15, -0.1) is 11.3 Å². The summed E-state index contributed by atoms with van der Waals surface area (Å²) in [6.07, 6.45) is 3.41. The zero-order valence-corrected chi connectivity index (χ0v) is 15.8. The molecule has 0 unspecified atom stereocenters. The van der Waals surface area contributed by atoms with Gasteiger partial charge < -0.3 is 20.1 Å². The molecule has 138 valence electrons. The van der Waals surface area contributed by atoms with Gasteiger partial charge in [-0.3, -0.25) is 4.79 Å². The lowest BCUT2D eigenvalue weighted by molar-refractivity contribution is -0.120. The Labute approximate surface area is 157 Å². The molecule has 1 aromatic heterocycles. The van der Waals surface area contributed by atoms with E-state index in [-0.39, 0.29) is 12.3 Å². The predicted octanol–water partition coefficient (Wildman–Crippen LogP) is 2.41. The van der Waals surface area contributed by atoms with Crippen LogP contribution in [-0.2, 0) is 11.2 Å². The van der Waals surface area contributed by atoms with Crippen molar-refractivity contribution in [2.24, 2.45) is 0 Å². The number of nitrogens with zero attached hydrogens (tertiary/aromatic N) is 1. The largest absolute Gasteiger partial charge is 0.493 e. The zero-order chi connectivity index (χ0) is 18.4. The van der Waals surface area contributed by atoms with Crippen molar-refractivity contribution in [2.45, 2.75) is 12.8 Å². The van der Waals surface area contributed by atoms with Gasteiger partial charge in [0.2, 0.25) is 5.91 Å². The fraction of sp³-hybridized carbons (Fsp3) is 0.368. The van der Waals surface area contributed by atoms with Gasteiger partial charge in [0.25, 0.3) is 0 Å². The van der Waals surface area contributed by atoms with Gasteiger partial charge >= 0.3 is 0 Å². The van der Waals surface area contributed by atoms with Crippen molar-refractivity contribution in [3.63, 3.8) is 0 Å². The third-order valence-corrected chi connectivity index (χ3v) is 5.13. The Hall–Kier alpha value is -2.38. The number of hydrogen-bond acceptors (Lipinski definition) is 6. The molecule has 2 aromatic rings. The lowest BCUT2D eigenvalue weighted by Crippen LogP contribution is -2.30. The van der Waals surface area contributed by atoms with Crippen LogP contribution in [0.5, 0.6) is 11.5 Å². The van der Waals surface area contributed by atoms with E-state index in [1.165, 1.54) is 16.9 Å². The molecule has 0 saturated heterocycles. The van der Waals surface area contributed by atoms with Crippen LogP contribution in [0.15, 0.2) is 35.2 Å². The zero-order valence-electron chi connectivity index (χ0n) is 15.0. The Bertz CT molecular complexity index is 801. The molecule has 3 rings (SSSR count). The first kappa shape index (κ1) is 18.4. The molecule has 1 amide bonds. The summed E-state index contributed by atoms with van der Waals surface area (Å²) in [5.41, 5.74) is 3.00. The molecule has 0 atom stereocenters. The smallest absolute Gasteiger partial charge is 0.226 e. The van der Waals surface area contributed by atoms with Crippen LogP contribution >= 0.6 is 11.3 Å². The fourth-order valence-electron chi connectivity index (χ4n) is 2.76. The minimum absolute atomic E-state index is 0.00593. The molecule has 0 fully saturated rings. The van der Waals surface area contributed by atoms with Crippen molar-refractivity contribution in [3.05, 3.63) is 40.9 Å². The van der Waals surface area contributed by atoms with E-state index in [9.17, 15) is 4.79 Å². The molecule has 0 saturated carbocycles. The van der Waals surface area contributed by atoms with Gasteiger partial charge in [0.1, 0.15) is 5.01 Å². The third-order valence-electron chi connectivity index (χ3n) is 4.19. The number of amides is 1. The lowest BCUT2D eigenvalue weighted by atomic mass is 10.1. The van der Waals surface area contributed by atoms with Gasteiger partial charge in [0.05, 0.1) is 26.3 Å². The number of benzene rings is 1. The molecule has 0 bridgehead atoms. The van der Waals surface area contributed by atoms with E-state index in [1.807, 2.05) is 23.6 Å². The molecule has 6 nitrogen and oxygen atoms in total. The summed E-state index contributed by atoms with van der Waals surface area (Å²) in [5.74, 6) is 1.34. The second kappa shape index (κ2) is 8.82. The quantitative estimate of drug-likeness (QED) is 0.729. The van der Waals surface area contributed by atoms with E-state index in [0.29, 0.717) is 18.0 Å². The van der Waals surface area contributed by atoms with Crippen molar-refractivity contribution < 1.29 is 14.3 Å². The van der Waals surface area contributed by atoms with E-state index in [1.54, 1.807) is 14.2 Å². The van der Waals surface area contributed by atoms with Crippen molar-refractivity contribution in [1.29, 1.82) is 0 Å². The van der Waals surface area contributed by atoms with E-state index in [0.717, 1.165) is 35.8 Å². The Morgan fingerprint density at radius 2 is 2.15 bits per heavy atom. The number of rotatable bonds is 7. The van der Waals surface area contributed by atoms with Crippen LogP contribution in [0.25, 0.3) is 10.6 Å². The molecule has 0 radical (unpaired) electrons. The predicted molar refractivity (Wildman–Crippen MR) is 103 cm³/mol. The van der Waals surface area contributed by atoms with Crippen LogP contribution in [0.3, 0.4) is 0 Å². The number of ether oxygens (including phenoxy) is 2. The molecule has 1 aliphatic rings. The highest BCUT2D eigenvalue weighted by Crippen LogP contribution is 2.33. The van der Waals surface area contributed by atoms with Gasteiger partial charge in [0, 0.05) is 24.0 Å². The maximum Gasteiger partial charge on any atom is 0.226 e. The first-order chi connectivity index (χ1) is 12.7. The monoisotopic (exact) mass is 373 g/mol. The van der Waals surface area contributed by atoms with Gasteiger partial charge in [-0.1, -0.05) is 11.6 Å². The molecule has 1 aromatic carbocycles. The summed E-state index contributed by atoms with van der Waals surface area (Å²) in [5, 5.41) is 9.02. The Kier molecular flexibility index (Phi) is 6.25. The van der Waals surface area contributed by atoms with Gasteiger partial charge in [-0.2, -0.15) is 0 Å². The van der Waals surface area contributed by atoms with Crippen LogP contribution in [0, 0.1) is 0 Å². The van der Waals surface area contributed by atoms with E-state index >= 15 is 0 Å². The number of methoxy groups -OCH3 is 2.